The Hall–Kier alpha value is -1.92. The van der Waals surface area contributed by atoms with Gasteiger partial charge >= 0.3 is 0 Å². The molecule has 2 aromatic rings. The minimum Gasteiger partial charge on any atom is -0.373 e. The summed E-state index contributed by atoms with van der Waals surface area (Å²) in [5.74, 6) is -0.112. The van der Waals surface area contributed by atoms with Crippen molar-refractivity contribution in [3.8, 4) is 0 Å². The highest BCUT2D eigenvalue weighted by Crippen LogP contribution is 2.33. The molecule has 2 aliphatic rings. The molecule has 0 radical (unpaired) electrons. The number of halogens is 2. The molecular weight excluding hydrogens is 397 g/mol. The van der Waals surface area contributed by atoms with Crippen molar-refractivity contribution in [1.82, 2.24) is 4.90 Å². The van der Waals surface area contributed by atoms with Crippen LogP contribution in [0.4, 0.5) is 11.4 Å². The van der Waals surface area contributed by atoms with Crippen LogP contribution in [0.1, 0.15) is 19.4 Å². The highest BCUT2D eigenvalue weighted by atomic mass is 35.5. The number of hydrogen-bond acceptors (Lipinski definition) is 4. The van der Waals surface area contributed by atoms with E-state index >= 15 is 0 Å². The molecule has 146 valence electrons. The van der Waals surface area contributed by atoms with E-state index in [1.165, 1.54) is 0 Å². The van der Waals surface area contributed by atoms with Crippen molar-refractivity contribution in [2.45, 2.75) is 26.1 Å². The molecule has 2 atom stereocenters. The largest absolute Gasteiger partial charge is 0.373 e. The minimum atomic E-state index is -0.112. The first-order valence-electron chi connectivity index (χ1n) is 9.25. The summed E-state index contributed by atoms with van der Waals surface area (Å²) < 4.78 is 5.81. The Labute approximate surface area is 174 Å². The van der Waals surface area contributed by atoms with E-state index in [2.05, 4.69) is 23.7 Å². The van der Waals surface area contributed by atoms with Gasteiger partial charge in [0.25, 0.3) is 5.91 Å². The number of morpholine rings is 1. The Balaban J connectivity index is 1.66. The number of rotatable bonds is 3. The summed E-state index contributed by atoms with van der Waals surface area (Å²) in [5.41, 5.74) is 2.72. The summed E-state index contributed by atoms with van der Waals surface area (Å²) in [5, 5.41) is 0.872. The summed E-state index contributed by atoms with van der Waals surface area (Å²) in [6.45, 7) is 6.19. The van der Waals surface area contributed by atoms with Crippen LogP contribution in [0.5, 0.6) is 0 Å². The number of nitrogens with zero attached hydrogens (tertiary/aromatic N) is 3. The molecule has 2 aliphatic heterocycles. The fourth-order valence-electron chi connectivity index (χ4n) is 3.79. The van der Waals surface area contributed by atoms with Gasteiger partial charge in [0.05, 0.1) is 40.3 Å². The first-order valence-corrected chi connectivity index (χ1v) is 10.0. The zero-order chi connectivity index (χ0) is 19.8. The Bertz CT molecular complexity index is 937. The maximum Gasteiger partial charge on any atom is 0.278 e. The van der Waals surface area contributed by atoms with Gasteiger partial charge in [0, 0.05) is 18.7 Å². The molecule has 1 saturated heterocycles. The summed E-state index contributed by atoms with van der Waals surface area (Å²) >= 11 is 12.1. The van der Waals surface area contributed by atoms with Crippen molar-refractivity contribution in [2.24, 2.45) is 4.99 Å². The Kier molecular flexibility index (Phi) is 5.43. The van der Waals surface area contributed by atoms with E-state index in [0.29, 0.717) is 28.1 Å². The van der Waals surface area contributed by atoms with Crippen molar-refractivity contribution in [1.29, 1.82) is 0 Å². The monoisotopic (exact) mass is 417 g/mol. The fraction of sp³-hybridized carbons (Fsp3) is 0.333. The van der Waals surface area contributed by atoms with Crippen molar-refractivity contribution < 1.29 is 9.53 Å². The third-order valence-corrected chi connectivity index (χ3v) is 5.62. The quantitative estimate of drug-likeness (QED) is 0.736. The maximum absolute atomic E-state index is 13.2. The average molecular weight is 418 g/mol. The number of benzene rings is 2. The zero-order valence-corrected chi connectivity index (χ0v) is 17.2. The predicted octanol–water partition coefficient (Wildman–Crippen LogP) is 4.53. The molecule has 7 heteroatoms. The highest BCUT2D eigenvalue weighted by molar-refractivity contribution is 6.54. The number of aliphatic imine (C=N–C) groups is 1. The lowest BCUT2D eigenvalue weighted by atomic mass is 10.1. The van der Waals surface area contributed by atoms with Crippen LogP contribution in [-0.4, -0.2) is 48.5 Å². The van der Waals surface area contributed by atoms with Crippen LogP contribution < -0.4 is 4.90 Å². The Morgan fingerprint density at radius 3 is 2.50 bits per heavy atom. The molecule has 2 aromatic carbocycles. The molecule has 0 bridgehead atoms. The Morgan fingerprint density at radius 1 is 1.07 bits per heavy atom. The fourth-order valence-corrected chi connectivity index (χ4v) is 4.09. The summed E-state index contributed by atoms with van der Waals surface area (Å²) in [4.78, 5) is 21.9. The second kappa shape index (κ2) is 7.84. The molecule has 1 amide bonds. The summed E-state index contributed by atoms with van der Waals surface area (Å²) in [6.07, 6.45) is 0.280. The van der Waals surface area contributed by atoms with E-state index in [1.54, 1.807) is 23.1 Å². The van der Waals surface area contributed by atoms with Crippen LogP contribution in [0.25, 0.3) is 0 Å². The number of para-hydroxylation sites is 1. The summed E-state index contributed by atoms with van der Waals surface area (Å²) in [7, 11) is 0. The van der Waals surface area contributed by atoms with Gasteiger partial charge in [-0.1, -0.05) is 41.4 Å². The van der Waals surface area contributed by atoms with Crippen LogP contribution in [-0.2, 0) is 9.53 Å². The number of carbonyl (C=O) groups excluding carboxylic acids is 1. The average Bonchev–Trinajstić information content (AvgIpc) is 2.90. The van der Waals surface area contributed by atoms with Gasteiger partial charge in [-0.2, -0.15) is 0 Å². The molecule has 4 rings (SSSR count). The number of anilines is 1. The van der Waals surface area contributed by atoms with Crippen LogP contribution in [0.2, 0.25) is 10.0 Å². The first kappa shape index (κ1) is 19.4. The molecule has 5 nitrogen and oxygen atoms in total. The van der Waals surface area contributed by atoms with Crippen molar-refractivity contribution in [2.75, 3.05) is 24.7 Å². The van der Waals surface area contributed by atoms with Crippen molar-refractivity contribution >= 4 is 46.2 Å². The molecule has 1 fully saturated rings. The highest BCUT2D eigenvalue weighted by Gasteiger charge is 2.36. The van der Waals surface area contributed by atoms with Gasteiger partial charge in [0.1, 0.15) is 5.71 Å². The van der Waals surface area contributed by atoms with E-state index in [1.807, 2.05) is 24.3 Å². The lowest BCUT2D eigenvalue weighted by Gasteiger charge is -2.37. The number of amides is 1. The maximum atomic E-state index is 13.2. The standard InChI is InChI=1S/C21H21Cl2N3O2/c1-13-10-25(11-14(2)28-13)12-26-19-6-4-3-5-16(19)20(21(26)27)24-15-7-8-17(22)18(23)9-15/h3-9,13-14H,10-12H2,1-2H3/t13-,14+. The molecule has 2 heterocycles. The third kappa shape index (κ3) is 3.80. The smallest absolute Gasteiger partial charge is 0.278 e. The van der Waals surface area contributed by atoms with E-state index in [9.17, 15) is 4.79 Å². The van der Waals surface area contributed by atoms with Gasteiger partial charge in [-0.25, -0.2) is 4.99 Å². The van der Waals surface area contributed by atoms with Gasteiger partial charge in [0.2, 0.25) is 0 Å². The first-order chi connectivity index (χ1) is 13.4. The molecule has 0 spiro atoms. The number of carbonyl (C=O) groups is 1. The third-order valence-electron chi connectivity index (χ3n) is 4.88. The minimum absolute atomic E-state index is 0.112. The molecule has 0 N–H and O–H groups in total. The molecule has 0 unspecified atom stereocenters. The SMILES string of the molecule is C[C@@H]1CN(CN2C(=O)C(=Nc3ccc(Cl)c(Cl)c3)c3ccccc32)C[C@H](C)O1. The topological polar surface area (TPSA) is 45.1 Å². The van der Waals surface area contributed by atoms with E-state index < -0.39 is 0 Å². The lowest BCUT2D eigenvalue weighted by Crippen LogP contribution is -2.50. The molecule has 0 aliphatic carbocycles. The van der Waals surface area contributed by atoms with Gasteiger partial charge in [-0.15, -0.1) is 0 Å². The van der Waals surface area contributed by atoms with Crippen molar-refractivity contribution in [3.05, 3.63) is 58.1 Å². The molecule has 0 aromatic heterocycles. The molecular formula is C21H21Cl2N3O2. The van der Waals surface area contributed by atoms with E-state index in [-0.39, 0.29) is 18.1 Å². The summed E-state index contributed by atoms with van der Waals surface area (Å²) in [6, 6.07) is 12.8. The number of fused-ring (bicyclic) bond motifs is 1. The molecule has 0 saturated carbocycles. The zero-order valence-electron chi connectivity index (χ0n) is 15.7. The lowest BCUT2D eigenvalue weighted by molar-refractivity contribution is -0.113. The van der Waals surface area contributed by atoms with E-state index in [0.717, 1.165) is 24.3 Å². The second-order valence-corrected chi connectivity index (χ2v) is 8.06. The van der Waals surface area contributed by atoms with Crippen LogP contribution in [0.3, 0.4) is 0 Å². The number of ether oxygens (including phenoxy) is 1. The van der Waals surface area contributed by atoms with Gasteiger partial charge in [0.15, 0.2) is 0 Å². The van der Waals surface area contributed by atoms with E-state index in [4.69, 9.17) is 27.9 Å². The normalized spacial score (nSPS) is 24.1. The van der Waals surface area contributed by atoms with Gasteiger partial charge in [-0.05, 0) is 38.1 Å². The van der Waals surface area contributed by atoms with Gasteiger partial charge in [-0.3, -0.25) is 14.6 Å². The second-order valence-electron chi connectivity index (χ2n) is 7.24. The Morgan fingerprint density at radius 2 is 1.79 bits per heavy atom. The van der Waals surface area contributed by atoms with Crippen molar-refractivity contribution in [3.63, 3.8) is 0 Å². The predicted molar refractivity (Wildman–Crippen MR) is 113 cm³/mol. The van der Waals surface area contributed by atoms with Crippen LogP contribution in [0.15, 0.2) is 47.5 Å². The number of hydrogen-bond donors (Lipinski definition) is 0. The van der Waals surface area contributed by atoms with Crippen LogP contribution >= 0.6 is 23.2 Å². The van der Waals surface area contributed by atoms with Crippen LogP contribution in [0, 0.1) is 0 Å². The molecule has 28 heavy (non-hydrogen) atoms. The van der Waals surface area contributed by atoms with Gasteiger partial charge < -0.3 is 4.74 Å².